The van der Waals surface area contributed by atoms with Crippen molar-refractivity contribution >= 4 is 40.6 Å². The van der Waals surface area contributed by atoms with Gasteiger partial charge in [0.25, 0.3) is 5.91 Å². The number of carbonyl (C=O) groups excluding carboxylic acids is 1. The molecule has 1 N–H and O–H groups in total. The fourth-order valence-corrected chi connectivity index (χ4v) is 3.65. The summed E-state index contributed by atoms with van der Waals surface area (Å²) in [6.07, 6.45) is 3.14. The molecule has 0 aliphatic rings. The number of hydrogen-bond acceptors (Lipinski definition) is 7. The molecule has 0 radical (unpaired) electrons. The van der Waals surface area contributed by atoms with Crippen LogP contribution in [0, 0.1) is 24.0 Å². The molecule has 0 unspecified atom stereocenters. The number of benzene rings is 1. The van der Waals surface area contributed by atoms with E-state index >= 15 is 0 Å². The number of rotatable bonds is 7. The van der Waals surface area contributed by atoms with Crippen molar-refractivity contribution in [2.24, 2.45) is 0 Å². The Kier molecular flexibility index (Phi) is 6.16. The highest BCUT2D eigenvalue weighted by atomic mass is 35.5. The third-order valence-electron chi connectivity index (χ3n) is 4.90. The van der Waals surface area contributed by atoms with Crippen molar-refractivity contribution in [1.82, 2.24) is 24.7 Å². The molecule has 0 atom stereocenters. The summed E-state index contributed by atoms with van der Waals surface area (Å²) >= 11 is 12.1. The van der Waals surface area contributed by atoms with Gasteiger partial charge in [0.2, 0.25) is 0 Å². The highest BCUT2D eigenvalue weighted by molar-refractivity contribution is 6.35. The molecule has 0 fully saturated rings. The molecule has 0 saturated heterocycles. The second-order valence-corrected chi connectivity index (χ2v) is 8.08. The van der Waals surface area contributed by atoms with Gasteiger partial charge in [-0.15, -0.1) is 0 Å². The van der Waals surface area contributed by atoms with E-state index < -0.39 is 10.8 Å². The van der Waals surface area contributed by atoms with Crippen LogP contribution in [0.25, 0.3) is 0 Å². The standard InChI is InChI=1S/C20H17Cl2N7O4/c1-11-5-18(29(31)32)25-28(11)10-16-12(2)33-26-19(16)20(30)24-15-7-23-27(9-15)8-13-3-4-14(21)6-17(13)22/h3-7,9H,8,10H2,1-2H3,(H,24,30). The van der Waals surface area contributed by atoms with Gasteiger partial charge in [0, 0.05) is 16.2 Å². The smallest absolute Gasteiger partial charge is 0.361 e. The zero-order chi connectivity index (χ0) is 23.7. The summed E-state index contributed by atoms with van der Waals surface area (Å²) in [6, 6.07) is 6.54. The first-order chi connectivity index (χ1) is 15.7. The summed E-state index contributed by atoms with van der Waals surface area (Å²) in [5, 5.41) is 26.8. The molecule has 4 rings (SSSR count). The lowest BCUT2D eigenvalue weighted by atomic mass is 10.2. The number of nitro groups is 1. The van der Waals surface area contributed by atoms with Gasteiger partial charge in [0.05, 0.1) is 47.4 Å². The van der Waals surface area contributed by atoms with Gasteiger partial charge < -0.3 is 20.0 Å². The molecule has 0 saturated carbocycles. The zero-order valence-electron chi connectivity index (χ0n) is 17.5. The molecular weight excluding hydrogens is 473 g/mol. The Hall–Kier alpha value is -3.70. The number of hydrogen-bond donors (Lipinski definition) is 1. The lowest BCUT2D eigenvalue weighted by molar-refractivity contribution is -0.389. The predicted octanol–water partition coefficient (Wildman–Crippen LogP) is 4.25. The Bertz CT molecular complexity index is 1360. The maximum absolute atomic E-state index is 12.9. The number of anilines is 1. The lowest BCUT2D eigenvalue weighted by Crippen LogP contribution is -2.16. The van der Waals surface area contributed by atoms with E-state index in [1.165, 1.54) is 16.9 Å². The average Bonchev–Trinajstić information content (AvgIpc) is 3.45. The minimum absolute atomic E-state index is 0.0542. The van der Waals surface area contributed by atoms with E-state index in [1.807, 2.05) is 0 Å². The second kappa shape index (κ2) is 9.04. The van der Waals surface area contributed by atoms with Crippen LogP contribution >= 0.6 is 23.2 Å². The van der Waals surface area contributed by atoms with Gasteiger partial charge in [-0.2, -0.15) is 9.78 Å². The van der Waals surface area contributed by atoms with E-state index in [9.17, 15) is 14.9 Å². The van der Waals surface area contributed by atoms with Gasteiger partial charge in [0.1, 0.15) is 5.76 Å². The third kappa shape index (κ3) is 4.89. The van der Waals surface area contributed by atoms with Crippen molar-refractivity contribution in [2.45, 2.75) is 26.9 Å². The van der Waals surface area contributed by atoms with Gasteiger partial charge in [-0.05, 0) is 36.5 Å². The van der Waals surface area contributed by atoms with Crippen molar-refractivity contribution < 1.29 is 14.2 Å². The van der Waals surface area contributed by atoms with Crippen LogP contribution in [-0.4, -0.2) is 35.5 Å². The summed E-state index contributed by atoms with van der Waals surface area (Å²) in [6.45, 7) is 3.81. The molecule has 1 amide bonds. The van der Waals surface area contributed by atoms with Gasteiger partial charge in [0.15, 0.2) is 5.69 Å². The molecule has 170 valence electrons. The Balaban J connectivity index is 1.49. The SMILES string of the molecule is Cc1onc(C(=O)Nc2cnn(Cc3ccc(Cl)cc3Cl)c2)c1Cn1nc([N+](=O)[O-])cc1C. The quantitative estimate of drug-likeness (QED) is 0.302. The van der Waals surface area contributed by atoms with E-state index in [-0.39, 0.29) is 18.1 Å². The number of amides is 1. The van der Waals surface area contributed by atoms with E-state index in [0.29, 0.717) is 39.3 Å². The predicted molar refractivity (Wildman–Crippen MR) is 120 cm³/mol. The summed E-state index contributed by atoms with van der Waals surface area (Å²) in [4.78, 5) is 23.3. The highest BCUT2D eigenvalue weighted by Gasteiger charge is 2.24. The van der Waals surface area contributed by atoms with Crippen LogP contribution in [0.2, 0.25) is 10.0 Å². The molecule has 3 heterocycles. The minimum atomic E-state index is -0.577. The molecule has 1 aromatic carbocycles. The molecule has 0 aliphatic carbocycles. The van der Waals surface area contributed by atoms with Crippen LogP contribution in [-0.2, 0) is 13.1 Å². The number of aromatic nitrogens is 5. The number of aryl methyl sites for hydroxylation is 2. The van der Waals surface area contributed by atoms with Crippen LogP contribution in [0.1, 0.15) is 33.1 Å². The molecule has 3 aromatic heterocycles. The maximum Gasteiger partial charge on any atom is 0.390 e. The van der Waals surface area contributed by atoms with Crippen LogP contribution in [0.4, 0.5) is 11.5 Å². The third-order valence-corrected chi connectivity index (χ3v) is 5.49. The maximum atomic E-state index is 12.9. The van der Waals surface area contributed by atoms with Crippen LogP contribution < -0.4 is 5.32 Å². The normalized spacial score (nSPS) is 11.0. The average molecular weight is 490 g/mol. The van der Waals surface area contributed by atoms with Gasteiger partial charge in [-0.1, -0.05) is 34.4 Å². The fraction of sp³-hybridized carbons (Fsp3) is 0.200. The topological polar surface area (TPSA) is 134 Å². The Morgan fingerprint density at radius 1 is 1.24 bits per heavy atom. The molecule has 0 bridgehead atoms. The van der Waals surface area contributed by atoms with Crippen molar-refractivity contribution in [3.8, 4) is 0 Å². The van der Waals surface area contributed by atoms with E-state index in [2.05, 4.69) is 20.7 Å². The van der Waals surface area contributed by atoms with Crippen molar-refractivity contribution in [1.29, 1.82) is 0 Å². The Morgan fingerprint density at radius 2 is 2.03 bits per heavy atom. The summed E-state index contributed by atoms with van der Waals surface area (Å²) < 4.78 is 8.23. The summed E-state index contributed by atoms with van der Waals surface area (Å²) in [7, 11) is 0. The van der Waals surface area contributed by atoms with Crippen LogP contribution in [0.5, 0.6) is 0 Å². The largest absolute Gasteiger partial charge is 0.390 e. The molecule has 4 aromatic rings. The first kappa shape index (κ1) is 22.5. The number of carbonyl (C=O) groups is 1. The molecule has 0 aliphatic heterocycles. The van der Waals surface area contributed by atoms with E-state index in [1.54, 1.807) is 42.9 Å². The monoisotopic (exact) mass is 489 g/mol. The Morgan fingerprint density at radius 3 is 2.73 bits per heavy atom. The molecule has 0 spiro atoms. The molecular formula is C20H17Cl2N7O4. The number of halogens is 2. The van der Waals surface area contributed by atoms with Crippen molar-refractivity contribution in [3.05, 3.63) is 85.1 Å². The highest BCUT2D eigenvalue weighted by Crippen LogP contribution is 2.23. The fourth-order valence-electron chi connectivity index (χ4n) is 3.18. The zero-order valence-corrected chi connectivity index (χ0v) is 19.0. The molecule has 11 nitrogen and oxygen atoms in total. The number of nitrogens with zero attached hydrogens (tertiary/aromatic N) is 6. The summed E-state index contributed by atoms with van der Waals surface area (Å²) in [5.74, 6) is -0.378. The first-order valence-electron chi connectivity index (χ1n) is 9.63. The van der Waals surface area contributed by atoms with E-state index in [4.69, 9.17) is 27.7 Å². The Labute approximate surface area is 197 Å². The van der Waals surface area contributed by atoms with E-state index in [0.717, 1.165) is 5.56 Å². The van der Waals surface area contributed by atoms with Gasteiger partial charge >= 0.3 is 5.82 Å². The van der Waals surface area contributed by atoms with Gasteiger partial charge in [-0.3, -0.25) is 9.48 Å². The molecule has 13 heteroatoms. The van der Waals surface area contributed by atoms with Crippen molar-refractivity contribution in [3.63, 3.8) is 0 Å². The van der Waals surface area contributed by atoms with Crippen molar-refractivity contribution in [2.75, 3.05) is 5.32 Å². The molecule has 33 heavy (non-hydrogen) atoms. The van der Waals surface area contributed by atoms with Crippen LogP contribution in [0.3, 0.4) is 0 Å². The van der Waals surface area contributed by atoms with Gasteiger partial charge in [-0.25, -0.2) is 0 Å². The lowest BCUT2D eigenvalue weighted by Gasteiger charge is -2.05. The first-order valence-corrected chi connectivity index (χ1v) is 10.4. The van der Waals surface area contributed by atoms with Crippen LogP contribution in [0.15, 0.2) is 41.2 Å². The minimum Gasteiger partial charge on any atom is -0.361 e. The number of nitrogens with one attached hydrogen (secondary N) is 1. The summed E-state index contributed by atoms with van der Waals surface area (Å²) in [5.41, 5.74) is 2.35. The second-order valence-electron chi connectivity index (χ2n) is 7.24.